The predicted octanol–water partition coefficient (Wildman–Crippen LogP) is 1.15. The van der Waals surface area contributed by atoms with Crippen molar-refractivity contribution >= 4 is 11.6 Å². The van der Waals surface area contributed by atoms with E-state index >= 15 is 0 Å². The lowest BCUT2D eigenvalue weighted by molar-refractivity contribution is -0.117. The number of aromatic nitrogens is 1. The minimum absolute atomic E-state index is 0.141. The van der Waals surface area contributed by atoms with E-state index < -0.39 is 6.04 Å². The molecule has 0 aliphatic carbocycles. The molecule has 0 radical (unpaired) electrons. The third kappa shape index (κ3) is 3.14. The lowest BCUT2D eigenvalue weighted by Crippen LogP contribution is -2.35. The van der Waals surface area contributed by atoms with Gasteiger partial charge in [-0.05, 0) is 18.6 Å². The van der Waals surface area contributed by atoms with Crippen LogP contribution in [0.5, 0.6) is 0 Å². The van der Waals surface area contributed by atoms with Crippen molar-refractivity contribution in [2.24, 2.45) is 5.73 Å². The first-order valence-electron chi connectivity index (χ1n) is 4.70. The Morgan fingerprint density at radius 3 is 2.79 bits per heavy atom. The van der Waals surface area contributed by atoms with E-state index in [2.05, 4.69) is 10.3 Å². The van der Waals surface area contributed by atoms with E-state index in [1.807, 2.05) is 6.92 Å². The SMILES string of the molecule is CCCC(N)C(=O)Nc1ccncc1. The van der Waals surface area contributed by atoms with Crippen molar-refractivity contribution in [3.05, 3.63) is 24.5 Å². The molecule has 0 saturated heterocycles. The number of pyridine rings is 1. The molecule has 76 valence electrons. The van der Waals surface area contributed by atoms with E-state index in [9.17, 15) is 4.79 Å². The topological polar surface area (TPSA) is 68.0 Å². The van der Waals surface area contributed by atoms with Crippen LogP contribution in [-0.2, 0) is 4.79 Å². The molecule has 0 fully saturated rings. The van der Waals surface area contributed by atoms with Crippen LogP contribution in [0.2, 0.25) is 0 Å². The number of nitrogens with one attached hydrogen (secondary N) is 1. The van der Waals surface area contributed by atoms with Gasteiger partial charge in [0, 0.05) is 18.1 Å². The Morgan fingerprint density at radius 1 is 1.57 bits per heavy atom. The van der Waals surface area contributed by atoms with Crippen LogP contribution in [0.3, 0.4) is 0 Å². The largest absolute Gasteiger partial charge is 0.325 e. The highest BCUT2D eigenvalue weighted by atomic mass is 16.2. The second-order valence-electron chi connectivity index (χ2n) is 3.12. The molecule has 1 aromatic rings. The molecule has 0 spiro atoms. The van der Waals surface area contributed by atoms with Gasteiger partial charge in [0.2, 0.25) is 5.91 Å². The van der Waals surface area contributed by atoms with Crippen LogP contribution in [0.15, 0.2) is 24.5 Å². The van der Waals surface area contributed by atoms with E-state index in [1.165, 1.54) is 0 Å². The number of anilines is 1. The fourth-order valence-corrected chi connectivity index (χ4v) is 1.11. The summed E-state index contributed by atoms with van der Waals surface area (Å²) in [4.78, 5) is 15.3. The highest BCUT2D eigenvalue weighted by molar-refractivity contribution is 5.94. The number of carbonyl (C=O) groups excluding carboxylic acids is 1. The molecule has 14 heavy (non-hydrogen) atoms. The first-order valence-corrected chi connectivity index (χ1v) is 4.70. The summed E-state index contributed by atoms with van der Waals surface area (Å²) < 4.78 is 0. The maximum absolute atomic E-state index is 11.4. The number of nitrogens with zero attached hydrogens (tertiary/aromatic N) is 1. The average molecular weight is 193 g/mol. The normalized spacial score (nSPS) is 12.1. The van der Waals surface area contributed by atoms with E-state index in [1.54, 1.807) is 24.5 Å². The Kier molecular flexibility index (Phi) is 4.07. The van der Waals surface area contributed by atoms with Gasteiger partial charge in [-0.25, -0.2) is 0 Å². The molecule has 1 unspecified atom stereocenters. The van der Waals surface area contributed by atoms with Crippen molar-refractivity contribution in [1.29, 1.82) is 0 Å². The van der Waals surface area contributed by atoms with E-state index in [-0.39, 0.29) is 5.91 Å². The molecule has 1 amide bonds. The maximum atomic E-state index is 11.4. The molecule has 0 aliphatic rings. The highest BCUT2D eigenvalue weighted by Crippen LogP contribution is 2.04. The third-order valence-corrected chi connectivity index (χ3v) is 1.88. The lowest BCUT2D eigenvalue weighted by atomic mass is 10.1. The van der Waals surface area contributed by atoms with Crippen molar-refractivity contribution in [3.63, 3.8) is 0 Å². The molecule has 4 heteroatoms. The van der Waals surface area contributed by atoms with Gasteiger partial charge in [-0.3, -0.25) is 9.78 Å². The van der Waals surface area contributed by atoms with E-state index in [4.69, 9.17) is 5.73 Å². The van der Waals surface area contributed by atoms with Crippen molar-refractivity contribution in [2.75, 3.05) is 5.32 Å². The van der Waals surface area contributed by atoms with Gasteiger partial charge in [0.15, 0.2) is 0 Å². The Labute approximate surface area is 83.5 Å². The van der Waals surface area contributed by atoms with E-state index in [0.29, 0.717) is 6.42 Å². The number of amides is 1. The maximum Gasteiger partial charge on any atom is 0.241 e. The predicted molar refractivity (Wildman–Crippen MR) is 55.8 cm³/mol. The average Bonchev–Trinajstić information content (AvgIpc) is 2.19. The molecule has 0 saturated carbocycles. The second-order valence-corrected chi connectivity index (χ2v) is 3.12. The summed E-state index contributed by atoms with van der Waals surface area (Å²) in [6.07, 6.45) is 4.86. The van der Waals surface area contributed by atoms with Crippen molar-refractivity contribution < 1.29 is 4.79 Å². The summed E-state index contributed by atoms with van der Waals surface area (Å²) >= 11 is 0. The van der Waals surface area contributed by atoms with Crippen molar-refractivity contribution in [1.82, 2.24) is 4.98 Å². The zero-order chi connectivity index (χ0) is 10.4. The molecule has 0 aliphatic heterocycles. The number of hydrogen-bond acceptors (Lipinski definition) is 3. The van der Waals surface area contributed by atoms with Gasteiger partial charge < -0.3 is 11.1 Å². The van der Waals surface area contributed by atoms with Gasteiger partial charge in [0.1, 0.15) is 0 Å². The number of nitrogens with two attached hydrogens (primary N) is 1. The number of carbonyl (C=O) groups is 1. The van der Waals surface area contributed by atoms with Crippen LogP contribution < -0.4 is 11.1 Å². The fraction of sp³-hybridized carbons (Fsp3) is 0.400. The van der Waals surface area contributed by atoms with Crippen LogP contribution in [0.4, 0.5) is 5.69 Å². The molecule has 1 atom stereocenters. The van der Waals surface area contributed by atoms with Crippen LogP contribution in [0.1, 0.15) is 19.8 Å². The summed E-state index contributed by atoms with van der Waals surface area (Å²) in [5.74, 6) is -0.141. The molecular formula is C10H15N3O. The summed E-state index contributed by atoms with van der Waals surface area (Å²) in [6.45, 7) is 2.00. The van der Waals surface area contributed by atoms with Gasteiger partial charge in [-0.15, -0.1) is 0 Å². The molecule has 3 N–H and O–H groups in total. The second kappa shape index (κ2) is 5.34. The van der Waals surface area contributed by atoms with Crippen LogP contribution >= 0.6 is 0 Å². The number of hydrogen-bond donors (Lipinski definition) is 2. The Balaban J connectivity index is 2.49. The van der Waals surface area contributed by atoms with Gasteiger partial charge in [-0.1, -0.05) is 13.3 Å². The molecule has 1 rings (SSSR count). The fourth-order valence-electron chi connectivity index (χ4n) is 1.11. The summed E-state index contributed by atoms with van der Waals surface area (Å²) in [5, 5.41) is 2.72. The third-order valence-electron chi connectivity index (χ3n) is 1.88. The highest BCUT2D eigenvalue weighted by Gasteiger charge is 2.11. The summed E-state index contributed by atoms with van der Waals surface area (Å²) in [5.41, 5.74) is 6.38. The Bertz CT molecular complexity index is 287. The number of rotatable bonds is 4. The van der Waals surface area contributed by atoms with Gasteiger partial charge in [-0.2, -0.15) is 0 Å². The van der Waals surface area contributed by atoms with Crippen molar-refractivity contribution in [2.45, 2.75) is 25.8 Å². The quantitative estimate of drug-likeness (QED) is 0.753. The van der Waals surface area contributed by atoms with Crippen LogP contribution in [0.25, 0.3) is 0 Å². The molecule has 0 aromatic carbocycles. The van der Waals surface area contributed by atoms with E-state index in [0.717, 1.165) is 12.1 Å². The molecule has 4 nitrogen and oxygen atoms in total. The molecular weight excluding hydrogens is 178 g/mol. The molecule has 0 bridgehead atoms. The van der Waals surface area contributed by atoms with Crippen LogP contribution in [-0.4, -0.2) is 16.9 Å². The Morgan fingerprint density at radius 2 is 2.21 bits per heavy atom. The van der Waals surface area contributed by atoms with Gasteiger partial charge >= 0.3 is 0 Å². The monoisotopic (exact) mass is 193 g/mol. The van der Waals surface area contributed by atoms with Crippen molar-refractivity contribution in [3.8, 4) is 0 Å². The minimum atomic E-state index is -0.423. The van der Waals surface area contributed by atoms with Crippen LogP contribution in [0, 0.1) is 0 Å². The summed E-state index contributed by atoms with van der Waals surface area (Å²) in [6, 6.07) is 3.04. The first-order chi connectivity index (χ1) is 6.74. The minimum Gasteiger partial charge on any atom is -0.325 e. The molecule has 1 aromatic heterocycles. The standard InChI is InChI=1S/C10H15N3O/c1-2-3-9(11)10(14)13-8-4-6-12-7-5-8/h4-7,9H,2-3,11H2,1H3,(H,12,13,14). The zero-order valence-corrected chi connectivity index (χ0v) is 8.23. The van der Waals surface area contributed by atoms with Gasteiger partial charge in [0.05, 0.1) is 6.04 Å². The summed E-state index contributed by atoms with van der Waals surface area (Å²) in [7, 11) is 0. The van der Waals surface area contributed by atoms with Gasteiger partial charge in [0.25, 0.3) is 0 Å². The Hall–Kier alpha value is -1.42. The zero-order valence-electron chi connectivity index (χ0n) is 8.23. The first kappa shape index (κ1) is 10.7. The lowest BCUT2D eigenvalue weighted by Gasteiger charge is -2.10. The molecule has 1 heterocycles. The smallest absolute Gasteiger partial charge is 0.241 e.